The van der Waals surface area contributed by atoms with Gasteiger partial charge in [-0.2, -0.15) is 10.2 Å². The van der Waals surface area contributed by atoms with Crippen molar-refractivity contribution >= 4 is 138 Å². The van der Waals surface area contributed by atoms with E-state index >= 15 is 0 Å². The highest BCUT2D eigenvalue weighted by atomic mass is 35.5. The number of aromatic nitrogens is 20. The number of hydrogen-bond acceptors (Lipinski definition) is 14. The Morgan fingerprint density at radius 1 is 0.211 bits per heavy atom. The van der Waals surface area contributed by atoms with E-state index in [0.29, 0.717) is 85.1 Å². The fraction of sp³-hybridized carbons (Fsp3) is 0.00935. The van der Waals surface area contributed by atoms with Crippen LogP contribution in [0.25, 0.3) is 168 Å². The van der Waals surface area contributed by atoms with Crippen molar-refractivity contribution in [1.82, 2.24) is 96.6 Å². The lowest BCUT2D eigenvalue weighted by Gasteiger charge is -2.12. The molecule has 0 saturated heterocycles. The molecule has 696 valence electrons. The number of imidazole rings is 4. The maximum atomic E-state index is 14.3. The van der Waals surface area contributed by atoms with Gasteiger partial charge in [0.15, 0.2) is 22.9 Å². The van der Waals surface area contributed by atoms with Gasteiger partial charge in [-0.1, -0.05) is 165 Å². The van der Waals surface area contributed by atoms with E-state index in [-0.39, 0.29) is 33.5 Å². The highest BCUT2D eigenvalue weighted by Gasteiger charge is 2.24. The van der Waals surface area contributed by atoms with Crippen molar-refractivity contribution < 1.29 is 26.3 Å². The predicted molar refractivity (Wildman–Crippen MR) is 548 cm³/mol. The highest BCUT2D eigenvalue weighted by molar-refractivity contribution is 6.36. The lowest BCUT2D eigenvalue weighted by atomic mass is 9.99. The average Bonchev–Trinajstić information content (AvgIpc) is 1.47. The second kappa shape index (κ2) is 42.2. The Hall–Kier alpha value is -15.6. The zero-order valence-electron chi connectivity index (χ0n) is 73.3. The Morgan fingerprint density at radius 2 is 0.521 bits per heavy atom. The van der Waals surface area contributed by atoms with E-state index < -0.39 is 23.3 Å². The predicted octanol–water partition coefficient (Wildman–Crippen LogP) is 30.2. The number of benzene rings is 6. The molecule has 35 heteroatoms. The summed E-state index contributed by atoms with van der Waals surface area (Å²) in [5, 5.41) is 12.5. The molecular formula is C107H63Cl9F6N20. The largest absolute Gasteiger partial charge is 0.306 e. The zero-order chi connectivity index (χ0) is 98.3. The second-order valence-electron chi connectivity index (χ2n) is 31.4. The molecule has 24 aromatic rings. The van der Waals surface area contributed by atoms with Crippen LogP contribution < -0.4 is 0 Å². The number of fused-ring (bicyclic) bond motifs is 6. The Kier molecular flexibility index (Phi) is 28.3. The van der Waals surface area contributed by atoms with Gasteiger partial charge < -0.3 is 17.6 Å². The van der Waals surface area contributed by atoms with Gasteiger partial charge in [-0.05, 0) is 158 Å². The minimum absolute atomic E-state index is 0.0558. The number of nitrogens with zero attached hydrogens (tertiary/aromatic N) is 20. The van der Waals surface area contributed by atoms with E-state index in [2.05, 4.69) is 70.0 Å². The minimum Gasteiger partial charge on any atom is -0.306 e. The highest BCUT2D eigenvalue weighted by Crippen LogP contribution is 2.44. The van der Waals surface area contributed by atoms with Crippen LogP contribution in [0, 0.1) is 41.8 Å². The summed E-state index contributed by atoms with van der Waals surface area (Å²) in [5.74, 6) is -2.49. The molecule has 0 aliphatic carbocycles. The van der Waals surface area contributed by atoms with Gasteiger partial charge in [0.05, 0.1) is 59.3 Å². The molecule has 0 saturated carbocycles. The van der Waals surface area contributed by atoms with Gasteiger partial charge in [0.1, 0.15) is 58.5 Å². The summed E-state index contributed by atoms with van der Waals surface area (Å²) in [6.07, 6.45) is 37.9. The summed E-state index contributed by atoms with van der Waals surface area (Å²) in [7, 11) is 0. The molecule has 0 amide bonds. The summed E-state index contributed by atoms with van der Waals surface area (Å²) >= 11 is 55.9. The third-order valence-corrected chi connectivity index (χ3v) is 24.9. The number of pyridine rings is 12. The van der Waals surface area contributed by atoms with Crippen molar-refractivity contribution in [2.45, 2.75) is 6.92 Å². The van der Waals surface area contributed by atoms with Gasteiger partial charge in [-0.25, -0.2) is 65.3 Å². The number of hydrogen-bond donors (Lipinski definition) is 0. The standard InChI is InChI=1S/C19H13ClFN3.2C18H10Cl2FN3.C18H11Cl2N3.C17H9ClF2N4.C17H10ClFN4/c1-12-9-13(4-5-17(12)21)19-14(3-2-6-23-19)15-11-24-8-7-22-18(24)10-16(15)20;19-14-9-17-22-6-7-24(17)10-13(14)12-2-1-5-23-18(12)11-3-4-16(21)15(20)8-11;19-11-3-4-16(21)13(8-11)18-12(2-1-5-23-18)14-10-24-7-6-22-17(24)9-15(14)20;19-13-4-1-3-12(9-13)18-14(5-2-6-22-18)15-11-23-8-7-21-17(23)10-16(15)20;18-11-3-4-14(19)13(7-11)16-12(2-1-5-21-16)10-6-15(20)17-22-9-23-24(17)8-10;18-13-4-1-3-11(7-13)16-14(5-2-6-20-16)12-8-15(19)17-21-10-22-23(17)9-12/h2-11H,1H3;2*1-10H;1-11H;1-9H;1-10H. The van der Waals surface area contributed by atoms with Crippen LogP contribution in [-0.2, 0) is 0 Å². The first-order valence-electron chi connectivity index (χ1n) is 42.8. The molecule has 24 rings (SSSR count). The summed E-state index contributed by atoms with van der Waals surface area (Å²) in [4.78, 5) is 51.2. The molecule has 0 fully saturated rings. The second-order valence-corrected chi connectivity index (χ2v) is 35.2. The van der Waals surface area contributed by atoms with Crippen molar-refractivity contribution in [3.05, 3.63) is 453 Å². The molecule has 20 nitrogen and oxygen atoms in total. The van der Waals surface area contributed by atoms with Gasteiger partial charge in [0.25, 0.3) is 0 Å². The third-order valence-electron chi connectivity index (χ3n) is 22.4. The molecular weight excluding hydrogens is 2000 g/mol. The van der Waals surface area contributed by atoms with Gasteiger partial charge in [0.2, 0.25) is 0 Å². The van der Waals surface area contributed by atoms with Crippen molar-refractivity contribution in [2.24, 2.45) is 0 Å². The van der Waals surface area contributed by atoms with E-state index in [0.717, 1.165) is 112 Å². The Bertz CT molecular complexity index is 8710. The van der Waals surface area contributed by atoms with Crippen LogP contribution in [0.2, 0.25) is 45.2 Å². The van der Waals surface area contributed by atoms with Crippen LogP contribution in [0.3, 0.4) is 0 Å². The minimum atomic E-state index is -0.522. The fourth-order valence-electron chi connectivity index (χ4n) is 15.8. The number of halogens is 15. The van der Waals surface area contributed by atoms with Crippen molar-refractivity contribution in [2.75, 3.05) is 0 Å². The molecule has 142 heavy (non-hydrogen) atoms. The smallest absolute Gasteiger partial charge is 0.191 e. The normalized spacial score (nSPS) is 11.1. The molecule has 18 aromatic heterocycles. The molecule has 6 aromatic carbocycles. The van der Waals surface area contributed by atoms with Crippen LogP contribution in [0.15, 0.2) is 367 Å². The lowest BCUT2D eigenvalue weighted by molar-refractivity contribution is 0.618. The first kappa shape index (κ1) is 95.3. The van der Waals surface area contributed by atoms with E-state index in [1.807, 2.05) is 176 Å². The molecule has 0 spiro atoms. The van der Waals surface area contributed by atoms with Gasteiger partial charge in [-0.15, -0.1) is 0 Å². The quantitative estimate of drug-likeness (QED) is 0.104. The topological polar surface area (TPSA) is 207 Å². The fourth-order valence-corrected chi connectivity index (χ4v) is 17.7. The molecule has 0 aliphatic rings. The molecule has 0 radical (unpaired) electrons. The maximum Gasteiger partial charge on any atom is 0.191 e. The van der Waals surface area contributed by atoms with E-state index in [1.165, 1.54) is 76.3 Å². The number of aryl methyl sites for hydroxylation is 1. The van der Waals surface area contributed by atoms with E-state index in [9.17, 15) is 26.3 Å². The average molecular weight is 2060 g/mol. The Labute approximate surface area is 848 Å². The molecule has 0 aliphatic heterocycles. The first-order valence-corrected chi connectivity index (χ1v) is 46.2. The maximum absolute atomic E-state index is 14.3. The monoisotopic (exact) mass is 2060 g/mol. The Balaban J connectivity index is 0.000000108. The first-order chi connectivity index (χ1) is 69.0. The van der Waals surface area contributed by atoms with Gasteiger partial charge in [0, 0.05) is 268 Å². The summed E-state index contributed by atoms with van der Waals surface area (Å²) < 4.78 is 94.3. The third kappa shape index (κ3) is 20.7. The molecule has 18 heterocycles. The number of rotatable bonds is 12. The summed E-state index contributed by atoms with van der Waals surface area (Å²) in [6, 6.07) is 65.5. The molecule has 0 unspecified atom stereocenters. The van der Waals surface area contributed by atoms with Crippen LogP contribution in [0.5, 0.6) is 0 Å². The van der Waals surface area contributed by atoms with Crippen LogP contribution in [0.1, 0.15) is 5.56 Å². The van der Waals surface area contributed by atoms with E-state index in [1.54, 1.807) is 148 Å². The van der Waals surface area contributed by atoms with Gasteiger partial charge >= 0.3 is 0 Å². The van der Waals surface area contributed by atoms with Gasteiger partial charge in [-0.3, -0.25) is 29.9 Å². The van der Waals surface area contributed by atoms with Crippen molar-refractivity contribution in [3.63, 3.8) is 0 Å². The molecule has 0 N–H and O–H groups in total. The molecule has 0 atom stereocenters. The van der Waals surface area contributed by atoms with Crippen LogP contribution in [0.4, 0.5) is 26.3 Å². The van der Waals surface area contributed by atoms with Crippen LogP contribution >= 0.6 is 104 Å². The van der Waals surface area contributed by atoms with Crippen molar-refractivity contribution in [1.29, 1.82) is 0 Å². The van der Waals surface area contributed by atoms with Crippen molar-refractivity contribution in [3.8, 4) is 134 Å². The summed E-state index contributed by atoms with van der Waals surface area (Å²) in [6.45, 7) is 1.74. The lowest BCUT2D eigenvalue weighted by Crippen LogP contribution is -1.96. The van der Waals surface area contributed by atoms with Crippen LogP contribution in [-0.4, -0.2) is 96.6 Å². The molecule has 0 bridgehead atoms. The van der Waals surface area contributed by atoms with E-state index in [4.69, 9.17) is 104 Å². The Morgan fingerprint density at radius 3 is 0.887 bits per heavy atom. The zero-order valence-corrected chi connectivity index (χ0v) is 80.1. The summed E-state index contributed by atoms with van der Waals surface area (Å²) in [5.41, 5.74) is 21.1. The SMILES string of the molecule is Cc1cc(-c2ncccc2-c2cn3ccnc3cc2Cl)ccc1F.Clc1cccc(-c2ncccc2-c2cn3ccnc3cc2Cl)c1.Fc1cc(-c2cccnc2-c2cccc(Cl)c2)cn2ncnc12.Fc1ccc(-c2ncccc2-c2cn3ccnc3cc2Cl)cc1Cl.Fc1ccc(Cl)cc1-c1ncccc1-c1cc(F)c2ncnn2c1.Fc1ccc(Cl)cc1-c1ncccc1-c1cn2ccnc2cc1Cl.